The molecule has 0 bridgehead atoms. The Balaban J connectivity index is 1.69. The first-order valence-electron chi connectivity index (χ1n) is 10.3. The minimum atomic E-state index is -1.16. The quantitative estimate of drug-likeness (QED) is 0.411. The van der Waals surface area contributed by atoms with E-state index in [2.05, 4.69) is 25.5 Å². The Labute approximate surface area is 197 Å². The third kappa shape index (κ3) is 4.33. The lowest BCUT2D eigenvalue weighted by Crippen LogP contribution is -2.46. The van der Waals surface area contributed by atoms with Crippen molar-refractivity contribution in [2.75, 3.05) is 6.61 Å². The van der Waals surface area contributed by atoms with Crippen LogP contribution in [0.15, 0.2) is 24.4 Å². The van der Waals surface area contributed by atoms with E-state index >= 15 is 0 Å². The van der Waals surface area contributed by atoms with Gasteiger partial charge in [0.1, 0.15) is 39.5 Å². The molecule has 9 nitrogen and oxygen atoms in total. The highest BCUT2D eigenvalue weighted by atomic mass is 32.1. The molecule has 2 N–H and O–H groups in total. The Morgan fingerprint density at radius 2 is 1.91 bits per heavy atom. The summed E-state index contributed by atoms with van der Waals surface area (Å²) in [5, 5.41) is 22.0. The topological polar surface area (TPSA) is 115 Å². The summed E-state index contributed by atoms with van der Waals surface area (Å²) >= 11 is 1.27. The summed E-state index contributed by atoms with van der Waals surface area (Å²) in [7, 11) is 0. The van der Waals surface area contributed by atoms with Crippen molar-refractivity contribution in [3.8, 4) is 5.88 Å². The average Bonchev–Trinajstić information content (AvgIpc) is 3.36. The van der Waals surface area contributed by atoms with Crippen LogP contribution in [0.25, 0.3) is 5.65 Å². The van der Waals surface area contributed by atoms with Crippen LogP contribution >= 0.6 is 11.3 Å². The van der Waals surface area contributed by atoms with Gasteiger partial charge in [0, 0.05) is 6.20 Å². The lowest BCUT2D eigenvalue weighted by molar-refractivity contribution is 0.0842. The van der Waals surface area contributed by atoms with Gasteiger partial charge in [-0.05, 0) is 39.8 Å². The van der Waals surface area contributed by atoms with Gasteiger partial charge in [0.25, 0.3) is 11.8 Å². The second-order valence-electron chi connectivity index (χ2n) is 7.99. The van der Waals surface area contributed by atoms with E-state index in [0.717, 1.165) is 12.1 Å². The van der Waals surface area contributed by atoms with Gasteiger partial charge in [0.15, 0.2) is 0 Å². The molecule has 34 heavy (non-hydrogen) atoms. The van der Waals surface area contributed by atoms with Crippen molar-refractivity contribution in [1.82, 2.24) is 29.9 Å². The molecule has 1 atom stereocenters. The summed E-state index contributed by atoms with van der Waals surface area (Å²) < 4.78 is 35.1. The molecule has 0 saturated heterocycles. The number of aliphatic hydroxyl groups is 1. The largest absolute Gasteiger partial charge is 0.470 e. The highest BCUT2D eigenvalue weighted by Gasteiger charge is 2.34. The number of ether oxygens (including phenoxy) is 1. The van der Waals surface area contributed by atoms with Crippen LogP contribution in [0.3, 0.4) is 0 Å². The summed E-state index contributed by atoms with van der Waals surface area (Å²) in [4.78, 5) is 22.0. The molecule has 4 rings (SSSR count). The maximum atomic E-state index is 14.0. The first-order chi connectivity index (χ1) is 16.1. The molecule has 0 spiro atoms. The molecule has 0 radical (unpaired) electrons. The number of amides is 1. The van der Waals surface area contributed by atoms with Gasteiger partial charge in [0.2, 0.25) is 5.65 Å². The van der Waals surface area contributed by atoms with Crippen molar-refractivity contribution < 1.29 is 23.4 Å². The third-order valence-electron chi connectivity index (χ3n) is 5.20. The van der Waals surface area contributed by atoms with Crippen LogP contribution in [0.1, 0.15) is 44.4 Å². The molecule has 0 aliphatic heterocycles. The molecule has 0 aliphatic rings. The van der Waals surface area contributed by atoms with E-state index in [1.807, 2.05) is 0 Å². The monoisotopic (exact) mass is 488 g/mol. The number of imidazole rings is 1. The molecule has 3 heterocycles. The average molecular weight is 489 g/mol. The van der Waals surface area contributed by atoms with Crippen molar-refractivity contribution in [1.29, 1.82) is 0 Å². The first kappa shape index (κ1) is 23.6. The van der Waals surface area contributed by atoms with Gasteiger partial charge in [-0.1, -0.05) is 17.4 Å². The fourth-order valence-electron chi connectivity index (χ4n) is 3.42. The van der Waals surface area contributed by atoms with E-state index in [1.54, 1.807) is 33.9 Å². The van der Waals surface area contributed by atoms with Crippen LogP contribution in [-0.4, -0.2) is 42.2 Å². The molecule has 4 aromatic rings. The van der Waals surface area contributed by atoms with Crippen molar-refractivity contribution >= 4 is 22.9 Å². The maximum absolute atomic E-state index is 14.0. The number of carbonyl (C=O) groups excluding carboxylic acids is 1. The van der Waals surface area contributed by atoms with E-state index in [1.165, 1.54) is 21.8 Å². The summed E-state index contributed by atoms with van der Waals surface area (Å²) in [6.07, 6.45) is 1.60. The molecule has 0 aliphatic carbocycles. The van der Waals surface area contributed by atoms with E-state index in [0.29, 0.717) is 21.4 Å². The van der Waals surface area contributed by atoms with Crippen molar-refractivity contribution in [3.05, 3.63) is 68.7 Å². The minimum Gasteiger partial charge on any atom is -0.470 e. The number of benzene rings is 1. The Morgan fingerprint density at radius 3 is 2.53 bits per heavy atom. The van der Waals surface area contributed by atoms with Crippen molar-refractivity contribution in [2.45, 2.75) is 39.8 Å². The van der Waals surface area contributed by atoms with E-state index < -0.39 is 36.3 Å². The number of fused-ring (bicyclic) bond motifs is 1. The fraction of sp³-hybridized carbons (Fsp3) is 0.318. The Morgan fingerprint density at radius 1 is 1.21 bits per heavy atom. The van der Waals surface area contributed by atoms with Crippen LogP contribution in [0.2, 0.25) is 0 Å². The molecule has 178 valence electrons. The van der Waals surface area contributed by atoms with Crippen LogP contribution < -0.4 is 10.1 Å². The van der Waals surface area contributed by atoms with Crippen molar-refractivity contribution in [2.24, 2.45) is 0 Å². The fourth-order valence-corrected chi connectivity index (χ4v) is 4.20. The number of nitrogens with one attached hydrogen (secondary N) is 1. The predicted molar refractivity (Wildman–Crippen MR) is 120 cm³/mol. The number of aliphatic hydroxyl groups excluding tert-OH is 1. The second-order valence-corrected chi connectivity index (χ2v) is 9.17. The summed E-state index contributed by atoms with van der Waals surface area (Å²) in [6, 6.07) is 3.55. The number of rotatable bonds is 7. The Bertz CT molecular complexity index is 1370. The highest BCUT2D eigenvalue weighted by molar-refractivity contribution is 7.11. The van der Waals surface area contributed by atoms with Crippen LogP contribution in [-0.2, 0) is 12.1 Å². The first-order valence-corrected chi connectivity index (χ1v) is 11.1. The Kier molecular flexibility index (Phi) is 6.28. The number of carbonyl (C=O) groups is 1. The minimum absolute atomic E-state index is 0.0227. The summed E-state index contributed by atoms with van der Waals surface area (Å²) in [5.74, 6) is -1.96. The molecular weight excluding hydrogens is 466 g/mol. The van der Waals surface area contributed by atoms with Crippen molar-refractivity contribution in [3.63, 3.8) is 0 Å². The smallest absolute Gasteiger partial charge is 0.271 e. The van der Waals surface area contributed by atoms with Crippen LogP contribution in [0, 0.1) is 32.4 Å². The van der Waals surface area contributed by atoms with Gasteiger partial charge in [-0.2, -0.15) is 0 Å². The standard InChI is InChI=1S/C22H22F2N6O3S/c1-11-8-30-17(19(32)27-22(4,10-31)21-29-28-13(3)34-21)12(2)26-18(30)20(25-11)33-9-14-15(23)6-5-7-16(14)24/h5-8,31H,9-10H2,1-4H3,(H,27,32)/t22-/m0/s1. The second kappa shape index (κ2) is 9.03. The van der Waals surface area contributed by atoms with E-state index in [9.17, 15) is 18.7 Å². The number of aromatic nitrogens is 5. The van der Waals surface area contributed by atoms with Gasteiger partial charge in [0.05, 0.1) is 23.6 Å². The SMILES string of the molecule is Cc1cn2c(C(=O)N[C@@](C)(CO)c3nnc(C)s3)c(C)nc2c(OCc2c(F)cccc2F)n1. The zero-order valence-corrected chi connectivity index (χ0v) is 19.7. The normalized spacial score (nSPS) is 13.1. The molecule has 1 amide bonds. The molecular formula is C22H22F2N6O3S. The number of nitrogens with zero attached hydrogens (tertiary/aromatic N) is 5. The van der Waals surface area contributed by atoms with Gasteiger partial charge < -0.3 is 15.2 Å². The zero-order chi connectivity index (χ0) is 24.6. The van der Waals surface area contributed by atoms with Gasteiger partial charge in [-0.25, -0.2) is 18.7 Å². The van der Waals surface area contributed by atoms with Crippen LogP contribution in [0.5, 0.6) is 5.88 Å². The highest BCUT2D eigenvalue weighted by Crippen LogP contribution is 2.27. The molecule has 1 aromatic carbocycles. The lowest BCUT2D eigenvalue weighted by atomic mass is 10.0. The number of aryl methyl sites for hydroxylation is 3. The Hall–Kier alpha value is -3.51. The molecule has 3 aromatic heterocycles. The van der Waals surface area contributed by atoms with Gasteiger partial charge in [-0.3, -0.25) is 9.20 Å². The predicted octanol–water partition coefficient (Wildman–Crippen LogP) is 3.00. The maximum Gasteiger partial charge on any atom is 0.271 e. The van der Waals surface area contributed by atoms with E-state index in [4.69, 9.17) is 4.74 Å². The molecule has 0 saturated carbocycles. The molecule has 0 unspecified atom stereocenters. The zero-order valence-electron chi connectivity index (χ0n) is 18.9. The molecule has 0 fully saturated rings. The number of halogens is 2. The third-order valence-corrected chi connectivity index (χ3v) is 6.31. The number of hydrogen-bond donors (Lipinski definition) is 2. The lowest BCUT2D eigenvalue weighted by Gasteiger charge is -2.25. The van der Waals surface area contributed by atoms with Gasteiger partial charge >= 0.3 is 0 Å². The summed E-state index contributed by atoms with van der Waals surface area (Å²) in [5.41, 5.74) is -0.126. The van der Waals surface area contributed by atoms with E-state index in [-0.39, 0.29) is 22.8 Å². The number of hydrogen-bond acceptors (Lipinski definition) is 8. The van der Waals surface area contributed by atoms with Crippen LogP contribution in [0.4, 0.5) is 8.78 Å². The summed E-state index contributed by atoms with van der Waals surface area (Å²) in [6.45, 7) is 5.95. The molecule has 12 heteroatoms. The van der Waals surface area contributed by atoms with Gasteiger partial charge in [-0.15, -0.1) is 10.2 Å².